The van der Waals surface area contributed by atoms with E-state index < -0.39 is 17.7 Å². The maximum absolute atomic E-state index is 12.7. The lowest BCUT2D eigenvalue weighted by atomic mass is 10.0. The Morgan fingerprint density at radius 2 is 1.78 bits per heavy atom. The van der Waals surface area contributed by atoms with E-state index >= 15 is 0 Å². The Kier molecular flexibility index (Phi) is 6.05. The Hall–Kier alpha value is -2.08. The van der Waals surface area contributed by atoms with Crippen molar-refractivity contribution >= 4 is 12.0 Å². The number of hydrogen-bond donors (Lipinski definition) is 1. The molecule has 0 radical (unpaired) electrons. The minimum absolute atomic E-state index is 0.0300. The van der Waals surface area contributed by atoms with Crippen molar-refractivity contribution in [2.45, 2.75) is 64.3 Å². The van der Waals surface area contributed by atoms with Gasteiger partial charge in [0.15, 0.2) is 0 Å². The van der Waals surface area contributed by atoms with E-state index in [2.05, 4.69) is 34.5 Å². The lowest BCUT2D eigenvalue weighted by Gasteiger charge is -2.36. The van der Waals surface area contributed by atoms with E-state index in [-0.39, 0.29) is 11.9 Å². The highest BCUT2D eigenvalue weighted by molar-refractivity contribution is 5.87. The zero-order valence-corrected chi connectivity index (χ0v) is 16.6. The summed E-state index contributed by atoms with van der Waals surface area (Å²) in [7, 11) is 0. The van der Waals surface area contributed by atoms with Crippen LogP contribution < -0.4 is 5.32 Å². The average molecular weight is 373 g/mol. The maximum Gasteiger partial charge on any atom is 0.408 e. The molecule has 3 rings (SSSR count). The fraction of sp³-hybridized carbons (Fsp3) is 0.619. The van der Waals surface area contributed by atoms with E-state index in [0.717, 1.165) is 32.5 Å². The number of likely N-dealkylation sites (tertiary alicyclic amines) is 2. The first-order chi connectivity index (χ1) is 12.8. The molecule has 148 valence electrons. The Morgan fingerprint density at radius 3 is 2.41 bits per heavy atom. The molecule has 0 bridgehead atoms. The maximum atomic E-state index is 12.7. The molecular formula is C21H31N3O3. The van der Waals surface area contributed by atoms with Crippen molar-refractivity contribution < 1.29 is 14.3 Å². The number of alkyl carbamates (subject to hydrolysis) is 1. The standard InChI is InChI=1S/C21H31N3O3/c1-21(2,3)27-20(26)22-18-11-14-24(19(18)25)17-9-12-23(13-10-17)15-16-7-5-4-6-8-16/h4-8,17-18H,9-15H2,1-3H3,(H,22,26)/t18-/m0/s1. The Balaban J connectivity index is 1.46. The van der Waals surface area contributed by atoms with Gasteiger partial charge in [-0.25, -0.2) is 4.79 Å². The predicted octanol–water partition coefficient (Wildman–Crippen LogP) is 2.78. The van der Waals surface area contributed by atoms with Gasteiger partial charge in [0.2, 0.25) is 5.91 Å². The van der Waals surface area contributed by atoms with Crippen molar-refractivity contribution in [1.82, 2.24) is 15.1 Å². The first-order valence-electron chi connectivity index (χ1n) is 9.88. The second kappa shape index (κ2) is 8.30. The molecule has 2 aliphatic heterocycles. The van der Waals surface area contributed by atoms with Gasteiger partial charge in [-0.15, -0.1) is 0 Å². The van der Waals surface area contributed by atoms with Crippen molar-refractivity contribution in [2.24, 2.45) is 0 Å². The van der Waals surface area contributed by atoms with Gasteiger partial charge in [0.05, 0.1) is 0 Å². The Bertz CT molecular complexity index is 648. The number of benzene rings is 1. The first kappa shape index (κ1) is 19.7. The number of nitrogens with one attached hydrogen (secondary N) is 1. The highest BCUT2D eigenvalue weighted by Gasteiger charge is 2.38. The van der Waals surface area contributed by atoms with Crippen LogP contribution >= 0.6 is 0 Å². The molecule has 0 aromatic heterocycles. The fourth-order valence-electron chi connectivity index (χ4n) is 3.88. The third-order valence-electron chi connectivity index (χ3n) is 5.18. The van der Waals surface area contributed by atoms with Crippen LogP contribution in [0.5, 0.6) is 0 Å². The third-order valence-corrected chi connectivity index (χ3v) is 5.18. The Morgan fingerprint density at radius 1 is 1.11 bits per heavy atom. The second-order valence-electron chi connectivity index (χ2n) is 8.51. The van der Waals surface area contributed by atoms with Gasteiger partial charge in [-0.1, -0.05) is 30.3 Å². The summed E-state index contributed by atoms with van der Waals surface area (Å²) in [4.78, 5) is 29.1. The first-order valence-corrected chi connectivity index (χ1v) is 9.88. The molecule has 2 aliphatic rings. The lowest BCUT2D eigenvalue weighted by Crippen LogP contribution is -2.49. The third kappa shape index (κ3) is 5.45. The zero-order valence-electron chi connectivity index (χ0n) is 16.6. The van der Waals surface area contributed by atoms with Crippen molar-refractivity contribution in [3.8, 4) is 0 Å². The summed E-state index contributed by atoms with van der Waals surface area (Å²) < 4.78 is 5.27. The summed E-state index contributed by atoms with van der Waals surface area (Å²) in [5, 5.41) is 2.73. The largest absolute Gasteiger partial charge is 0.444 e. The second-order valence-corrected chi connectivity index (χ2v) is 8.51. The molecule has 1 aromatic rings. The Labute approximate surface area is 161 Å². The molecule has 2 amide bonds. The van der Waals surface area contributed by atoms with Crippen LogP contribution in [0.3, 0.4) is 0 Å². The van der Waals surface area contributed by atoms with E-state index in [1.165, 1.54) is 5.56 Å². The van der Waals surface area contributed by atoms with E-state index in [1.54, 1.807) is 0 Å². The number of ether oxygens (including phenoxy) is 1. The normalized spacial score (nSPS) is 22.1. The van der Waals surface area contributed by atoms with Crippen molar-refractivity contribution in [3.63, 3.8) is 0 Å². The number of carbonyl (C=O) groups is 2. The molecule has 1 aromatic carbocycles. The lowest BCUT2D eigenvalue weighted by molar-refractivity contribution is -0.132. The number of rotatable bonds is 4. The molecule has 2 saturated heterocycles. The van der Waals surface area contributed by atoms with Gasteiger partial charge in [0.1, 0.15) is 11.6 Å². The highest BCUT2D eigenvalue weighted by atomic mass is 16.6. The van der Waals surface area contributed by atoms with E-state index in [4.69, 9.17) is 4.74 Å². The SMILES string of the molecule is CC(C)(C)OC(=O)N[C@H]1CCN(C2CCN(Cc3ccccc3)CC2)C1=O. The molecule has 0 saturated carbocycles. The van der Waals surface area contributed by atoms with Crippen LogP contribution in [0.1, 0.15) is 45.6 Å². The van der Waals surface area contributed by atoms with Crippen molar-refractivity contribution in [1.29, 1.82) is 0 Å². The van der Waals surface area contributed by atoms with E-state index in [1.807, 2.05) is 31.7 Å². The summed E-state index contributed by atoms with van der Waals surface area (Å²) in [6, 6.07) is 10.3. The van der Waals surface area contributed by atoms with E-state index in [0.29, 0.717) is 13.0 Å². The summed E-state index contributed by atoms with van der Waals surface area (Å²) in [6.45, 7) is 9.11. The van der Waals surface area contributed by atoms with Gasteiger partial charge in [-0.05, 0) is 45.6 Å². The summed E-state index contributed by atoms with van der Waals surface area (Å²) >= 11 is 0. The predicted molar refractivity (Wildman–Crippen MR) is 104 cm³/mol. The molecule has 1 atom stereocenters. The highest BCUT2D eigenvalue weighted by Crippen LogP contribution is 2.23. The van der Waals surface area contributed by atoms with Gasteiger partial charge in [-0.3, -0.25) is 9.69 Å². The number of nitrogens with zero attached hydrogens (tertiary/aromatic N) is 2. The number of amides is 2. The minimum atomic E-state index is -0.559. The van der Waals surface area contributed by atoms with Crippen LogP contribution in [0, 0.1) is 0 Å². The molecular weight excluding hydrogens is 342 g/mol. The molecule has 0 spiro atoms. The summed E-state index contributed by atoms with van der Waals surface area (Å²) in [5.41, 5.74) is 0.770. The van der Waals surface area contributed by atoms with Gasteiger partial charge < -0.3 is 15.0 Å². The van der Waals surface area contributed by atoms with Gasteiger partial charge in [0, 0.05) is 32.2 Å². The summed E-state index contributed by atoms with van der Waals surface area (Å²) in [5.74, 6) is 0.0300. The number of hydrogen-bond acceptors (Lipinski definition) is 4. The van der Waals surface area contributed by atoms with Crippen LogP contribution in [0.25, 0.3) is 0 Å². The van der Waals surface area contributed by atoms with Gasteiger partial charge in [0.25, 0.3) is 0 Å². The topological polar surface area (TPSA) is 61.9 Å². The average Bonchev–Trinajstić information content (AvgIpc) is 2.95. The summed E-state index contributed by atoms with van der Waals surface area (Å²) in [6.07, 6.45) is 2.11. The van der Waals surface area contributed by atoms with Crippen molar-refractivity contribution in [3.05, 3.63) is 35.9 Å². The molecule has 2 heterocycles. The number of piperidine rings is 1. The smallest absolute Gasteiger partial charge is 0.408 e. The van der Waals surface area contributed by atoms with E-state index in [9.17, 15) is 9.59 Å². The fourth-order valence-corrected chi connectivity index (χ4v) is 3.88. The van der Waals surface area contributed by atoms with Crippen LogP contribution in [-0.2, 0) is 16.1 Å². The van der Waals surface area contributed by atoms with Crippen LogP contribution in [-0.4, -0.2) is 59.1 Å². The molecule has 6 nitrogen and oxygen atoms in total. The van der Waals surface area contributed by atoms with Crippen LogP contribution in [0.15, 0.2) is 30.3 Å². The quantitative estimate of drug-likeness (QED) is 0.882. The minimum Gasteiger partial charge on any atom is -0.444 e. The molecule has 27 heavy (non-hydrogen) atoms. The van der Waals surface area contributed by atoms with Crippen LogP contribution in [0.4, 0.5) is 4.79 Å². The van der Waals surface area contributed by atoms with Gasteiger partial charge >= 0.3 is 6.09 Å². The monoisotopic (exact) mass is 373 g/mol. The van der Waals surface area contributed by atoms with Gasteiger partial charge in [-0.2, -0.15) is 0 Å². The van der Waals surface area contributed by atoms with Crippen LogP contribution in [0.2, 0.25) is 0 Å². The molecule has 2 fully saturated rings. The molecule has 1 N–H and O–H groups in total. The number of carbonyl (C=O) groups excluding carboxylic acids is 2. The molecule has 6 heteroatoms. The molecule has 0 unspecified atom stereocenters. The van der Waals surface area contributed by atoms with Crippen molar-refractivity contribution in [2.75, 3.05) is 19.6 Å². The zero-order chi connectivity index (χ0) is 19.4. The molecule has 0 aliphatic carbocycles.